The summed E-state index contributed by atoms with van der Waals surface area (Å²) in [6, 6.07) is -0.146. The molecule has 0 aromatic carbocycles. The monoisotopic (exact) mass is 232 g/mol. The highest BCUT2D eigenvalue weighted by molar-refractivity contribution is 7.98. The fraction of sp³-hybridized carbons (Fsp3) is 0.909. The van der Waals surface area contributed by atoms with E-state index in [0.29, 0.717) is 5.92 Å². The van der Waals surface area contributed by atoms with E-state index in [1.165, 1.54) is 0 Å². The molecule has 3 atom stereocenters. The normalized spacial score (nSPS) is 16.9. The predicted octanol–water partition coefficient (Wildman–Crippen LogP) is 1.62. The Kier molecular flexibility index (Phi) is 7.88. The summed E-state index contributed by atoms with van der Waals surface area (Å²) in [5.74, 6) is 1.42. The lowest BCUT2D eigenvalue weighted by molar-refractivity contribution is -0.123. The largest absolute Gasteiger partial charge is 0.352 e. The molecule has 0 spiro atoms. The van der Waals surface area contributed by atoms with Gasteiger partial charge in [-0.05, 0) is 31.3 Å². The molecule has 3 nitrogen and oxygen atoms in total. The molecular formula is C11H24N2OS. The van der Waals surface area contributed by atoms with Crippen LogP contribution in [0.5, 0.6) is 0 Å². The number of nitrogens with one attached hydrogen (secondary N) is 1. The number of thioether (sulfide) groups is 1. The highest BCUT2D eigenvalue weighted by Gasteiger charge is 2.17. The van der Waals surface area contributed by atoms with Crippen molar-refractivity contribution in [3.05, 3.63) is 0 Å². The van der Waals surface area contributed by atoms with Crippen molar-refractivity contribution in [2.24, 2.45) is 11.7 Å². The molecule has 0 fully saturated rings. The van der Waals surface area contributed by atoms with Crippen LogP contribution in [0, 0.1) is 5.92 Å². The molecule has 0 heterocycles. The zero-order valence-electron chi connectivity index (χ0n) is 10.2. The second-order valence-electron chi connectivity index (χ2n) is 4.07. The van der Waals surface area contributed by atoms with Gasteiger partial charge in [0.05, 0.1) is 6.04 Å². The van der Waals surface area contributed by atoms with Crippen molar-refractivity contribution >= 4 is 17.7 Å². The van der Waals surface area contributed by atoms with E-state index in [1.807, 2.05) is 13.2 Å². The van der Waals surface area contributed by atoms with Crippen LogP contribution in [-0.4, -0.2) is 30.0 Å². The van der Waals surface area contributed by atoms with Crippen LogP contribution in [0.3, 0.4) is 0 Å². The topological polar surface area (TPSA) is 55.1 Å². The minimum Gasteiger partial charge on any atom is -0.352 e. The van der Waals surface area contributed by atoms with Crippen molar-refractivity contribution in [1.82, 2.24) is 5.32 Å². The van der Waals surface area contributed by atoms with Crippen LogP contribution in [0.15, 0.2) is 0 Å². The first-order chi connectivity index (χ1) is 7.02. The van der Waals surface area contributed by atoms with Crippen molar-refractivity contribution in [3.63, 3.8) is 0 Å². The van der Waals surface area contributed by atoms with E-state index in [0.717, 1.165) is 18.6 Å². The summed E-state index contributed by atoms with van der Waals surface area (Å²) < 4.78 is 0. The van der Waals surface area contributed by atoms with E-state index >= 15 is 0 Å². The lowest BCUT2D eigenvalue weighted by Crippen LogP contribution is -2.46. The number of hydrogen-bond donors (Lipinski definition) is 2. The molecule has 0 radical (unpaired) electrons. The molecule has 15 heavy (non-hydrogen) atoms. The first-order valence-corrected chi connectivity index (χ1v) is 6.97. The Morgan fingerprint density at radius 1 is 1.47 bits per heavy atom. The van der Waals surface area contributed by atoms with Crippen LogP contribution in [-0.2, 0) is 4.79 Å². The SMILES string of the molecule is CCC(C)C(C)NC(=O)[C@@H](N)CCSC. The van der Waals surface area contributed by atoms with Crippen molar-refractivity contribution in [2.45, 2.75) is 45.7 Å². The average molecular weight is 232 g/mol. The van der Waals surface area contributed by atoms with Crippen LogP contribution >= 0.6 is 11.8 Å². The van der Waals surface area contributed by atoms with Crippen LogP contribution in [0.25, 0.3) is 0 Å². The lowest BCUT2D eigenvalue weighted by atomic mass is 10.0. The Labute approximate surface area is 97.6 Å². The number of rotatable bonds is 7. The van der Waals surface area contributed by atoms with Gasteiger partial charge in [0.2, 0.25) is 5.91 Å². The summed E-state index contributed by atoms with van der Waals surface area (Å²) in [6.45, 7) is 6.30. The molecular weight excluding hydrogens is 208 g/mol. The summed E-state index contributed by atoms with van der Waals surface area (Å²) in [5, 5.41) is 2.97. The van der Waals surface area contributed by atoms with E-state index in [9.17, 15) is 4.79 Å². The van der Waals surface area contributed by atoms with E-state index in [1.54, 1.807) is 11.8 Å². The molecule has 0 bridgehead atoms. The second-order valence-corrected chi connectivity index (χ2v) is 5.06. The smallest absolute Gasteiger partial charge is 0.237 e. The van der Waals surface area contributed by atoms with E-state index in [4.69, 9.17) is 5.73 Å². The van der Waals surface area contributed by atoms with Crippen LogP contribution < -0.4 is 11.1 Å². The van der Waals surface area contributed by atoms with Crippen molar-refractivity contribution < 1.29 is 4.79 Å². The Hall–Kier alpha value is -0.220. The van der Waals surface area contributed by atoms with Gasteiger partial charge in [0.15, 0.2) is 0 Å². The number of hydrogen-bond acceptors (Lipinski definition) is 3. The van der Waals surface area contributed by atoms with E-state index < -0.39 is 0 Å². The first-order valence-electron chi connectivity index (χ1n) is 5.57. The summed E-state index contributed by atoms with van der Waals surface area (Å²) in [5.41, 5.74) is 5.77. The Morgan fingerprint density at radius 2 is 2.07 bits per heavy atom. The molecule has 0 aliphatic carbocycles. The number of amides is 1. The van der Waals surface area contributed by atoms with Crippen molar-refractivity contribution in [3.8, 4) is 0 Å². The van der Waals surface area contributed by atoms with Gasteiger partial charge in [-0.1, -0.05) is 20.3 Å². The molecule has 4 heteroatoms. The van der Waals surface area contributed by atoms with Gasteiger partial charge in [-0.25, -0.2) is 0 Å². The second kappa shape index (κ2) is 7.99. The lowest BCUT2D eigenvalue weighted by Gasteiger charge is -2.21. The maximum Gasteiger partial charge on any atom is 0.237 e. The summed E-state index contributed by atoms with van der Waals surface area (Å²) in [7, 11) is 0. The zero-order valence-corrected chi connectivity index (χ0v) is 11.1. The molecule has 3 N–H and O–H groups in total. The summed E-state index contributed by atoms with van der Waals surface area (Å²) >= 11 is 1.72. The minimum absolute atomic E-state index is 0.0168. The molecule has 0 aliphatic rings. The molecule has 0 rings (SSSR count). The van der Waals surface area contributed by atoms with Crippen molar-refractivity contribution in [1.29, 1.82) is 0 Å². The quantitative estimate of drug-likeness (QED) is 0.701. The molecule has 90 valence electrons. The van der Waals surface area contributed by atoms with Crippen molar-refractivity contribution in [2.75, 3.05) is 12.0 Å². The van der Waals surface area contributed by atoms with Gasteiger partial charge in [-0.3, -0.25) is 4.79 Å². The Balaban J connectivity index is 3.90. The minimum atomic E-state index is -0.357. The third kappa shape index (κ3) is 6.05. The standard InChI is InChI=1S/C11H24N2OS/c1-5-8(2)9(3)13-11(14)10(12)6-7-15-4/h8-10H,5-7,12H2,1-4H3,(H,13,14)/t8?,9?,10-/m0/s1. The zero-order chi connectivity index (χ0) is 11.8. The van der Waals surface area contributed by atoms with Gasteiger partial charge in [-0.2, -0.15) is 11.8 Å². The third-order valence-electron chi connectivity index (χ3n) is 2.84. The van der Waals surface area contributed by atoms with Crippen LogP contribution in [0.4, 0.5) is 0 Å². The highest BCUT2D eigenvalue weighted by atomic mass is 32.2. The third-order valence-corrected chi connectivity index (χ3v) is 3.48. The van der Waals surface area contributed by atoms with Gasteiger partial charge in [0.1, 0.15) is 0 Å². The molecule has 2 unspecified atom stereocenters. The molecule has 0 saturated heterocycles. The van der Waals surface area contributed by atoms with Gasteiger partial charge >= 0.3 is 0 Å². The van der Waals surface area contributed by atoms with Gasteiger partial charge < -0.3 is 11.1 Å². The molecule has 1 amide bonds. The Bertz CT molecular complexity index is 187. The van der Waals surface area contributed by atoms with E-state index in [-0.39, 0.29) is 18.0 Å². The maximum atomic E-state index is 11.6. The molecule has 0 aliphatic heterocycles. The summed E-state index contributed by atoms with van der Waals surface area (Å²) in [4.78, 5) is 11.6. The van der Waals surface area contributed by atoms with Crippen LogP contribution in [0.1, 0.15) is 33.6 Å². The maximum absolute atomic E-state index is 11.6. The van der Waals surface area contributed by atoms with Gasteiger partial charge in [0, 0.05) is 6.04 Å². The van der Waals surface area contributed by atoms with Crippen LogP contribution in [0.2, 0.25) is 0 Å². The first kappa shape index (κ1) is 14.8. The fourth-order valence-electron chi connectivity index (χ4n) is 1.20. The number of nitrogens with two attached hydrogens (primary N) is 1. The summed E-state index contributed by atoms with van der Waals surface area (Å²) in [6.07, 6.45) is 3.84. The number of carbonyl (C=O) groups is 1. The average Bonchev–Trinajstić information content (AvgIpc) is 2.24. The van der Waals surface area contributed by atoms with E-state index in [2.05, 4.69) is 19.2 Å². The highest BCUT2D eigenvalue weighted by Crippen LogP contribution is 2.07. The predicted molar refractivity (Wildman–Crippen MR) is 68.0 cm³/mol. The van der Waals surface area contributed by atoms with Gasteiger partial charge in [0.25, 0.3) is 0 Å². The molecule has 0 aromatic rings. The number of carbonyl (C=O) groups excluding carboxylic acids is 1. The van der Waals surface area contributed by atoms with Gasteiger partial charge in [-0.15, -0.1) is 0 Å². The Morgan fingerprint density at radius 3 is 2.53 bits per heavy atom. The fourth-order valence-corrected chi connectivity index (χ4v) is 1.69. The molecule has 0 saturated carbocycles. The molecule has 0 aromatic heterocycles.